The van der Waals surface area contributed by atoms with E-state index in [9.17, 15) is 14.4 Å². The van der Waals surface area contributed by atoms with Crippen LogP contribution in [0.5, 0.6) is 11.5 Å². The summed E-state index contributed by atoms with van der Waals surface area (Å²) in [7, 11) is 3.03. The second-order valence-electron chi connectivity index (χ2n) is 10.2. The van der Waals surface area contributed by atoms with E-state index in [2.05, 4.69) is 16.0 Å². The molecule has 3 N–H and O–H groups in total. The minimum absolute atomic E-state index is 0.00722. The topological polar surface area (TPSA) is 106 Å². The molecule has 3 amide bonds. The van der Waals surface area contributed by atoms with Crippen LogP contribution in [-0.2, 0) is 9.59 Å². The molecule has 4 rings (SSSR count). The molecule has 8 nitrogen and oxygen atoms in total. The number of ether oxygens (including phenoxy) is 2. The zero-order valence-electron chi connectivity index (χ0n) is 26.0. The van der Waals surface area contributed by atoms with Crippen LogP contribution in [0.25, 0.3) is 6.08 Å². The van der Waals surface area contributed by atoms with Crippen molar-refractivity contribution in [1.82, 2.24) is 5.32 Å². The van der Waals surface area contributed by atoms with E-state index in [1.54, 1.807) is 60.7 Å². The molecule has 0 aliphatic heterocycles. The third-order valence-corrected chi connectivity index (χ3v) is 8.52. The van der Waals surface area contributed by atoms with Gasteiger partial charge in [-0.3, -0.25) is 14.4 Å². The number of carbonyl (C=O) groups is 3. The number of benzene rings is 4. The van der Waals surface area contributed by atoms with Gasteiger partial charge in [0.05, 0.1) is 19.5 Å². The lowest BCUT2D eigenvalue weighted by Crippen LogP contribution is -2.30. The number of methoxy groups -OCH3 is 2. The van der Waals surface area contributed by atoms with Crippen molar-refractivity contribution in [3.8, 4) is 11.5 Å². The molecule has 0 saturated heterocycles. The van der Waals surface area contributed by atoms with E-state index in [-0.39, 0.29) is 16.9 Å². The molecule has 0 aliphatic carbocycles. The molecule has 232 valence electrons. The maximum Gasteiger partial charge on any atom is 0.272 e. The SMILES string of the molecule is CCC(Sc1cccc(NC(=O)/C(=C\c2cccc(OC)c2OC)NC(=O)c2ccccc2)c1)C(=O)Nc1cccc(C)c1C. The van der Waals surface area contributed by atoms with Gasteiger partial charge in [0.25, 0.3) is 11.8 Å². The van der Waals surface area contributed by atoms with Crippen LogP contribution in [-0.4, -0.2) is 37.2 Å². The molecular weight excluding hydrogens is 586 g/mol. The summed E-state index contributed by atoms with van der Waals surface area (Å²) in [6.07, 6.45) is 2.15. The molecule has 0 heterocycles. The van der Waals surface area contributed by atoms with E-state index in [0.29, 0.717) is 34.7 Å². The lowest BCUT2D eigenvalue weighted by molar-refractivity contribution is -0.116. The third-order valence-electron chi connectivity index (χ3n) is 7.16. The Labute approximate surface area is 268 Å². The summed E-state index contributed by atoms with van der Waals surface area (Å²) in [5, 5.41) is 8.35. The lowest BCUT2D eigenvalue weighted by atomic mass is 10.1. The number of thioether (sulfide) groups is 1. The Morgan fingerprint density at radius 1 is 0.844 bits per heavy atom. The van der Waals surface area contributed by atoms with Gasteiger partial charge in [-0.05, 0) is 79.9 Å². The van der Waals surface area contributed by atoms with Crippen molar-refractivity contribution in [1.29, 1.82) is 0 Å². The zero-order valence-corrected chi connectivity index (χ0v) is 26.8. The number of nitrogens with one attached hydrogen (secondary N) is 3. The summed E-state index contributed by atoms with van der Waals surface area (Å²) in [4.78, 5) is 40.8. The molecule has 9 heteroatoms. The maximum absolute atomic E-state index is 13.7. The number of amides is 3. The maximum atomic E-state index is 13.7. The average Bonchev–Trinajstić information content (AvgIpc) is 3.05. The highest BCUT2D eigenvalue weighted by atomic mass is 32.2. The monoisotopic (exact) mass is 623 g/mol. The van der Waals surface area contributed by atoms with Crippen molar-refractivity contribution in [2.45, 2.75) is 37.3 Å². The van der Waals surface area contributed by atoms with Crippen LogP contribution in [0.15, 0.2) is 102 Å². The molecule has 0 bridgehead atoms. The fourth-order valence-corrected chi connectivity index (χ4v) is 5.57. The molecule has 0 radical (unpaired) electrons. The van der Waals surface area contributed by atoms with Crippen LogP contribution in [0.4, 0.5) is 11.4 Å². The molecular formula is C36H37N3O5S. The van der Waals surface area contributed by atoms with E-state index in [0.717, 1.165) is 21.7 Å². The Kier molecular flexibility index (Phi) is 11.4. The second-order valence-corrected chi connectivity index (χ2v) is 11.5. The van der Waals surface area contributed by atoms with Gasteiger partial charge in [0.1, 0.15) is 5.70 Å². The van der Waals surface area contributed by atoms with Gasteiger partial charge in [-0.1, -0.05) is 55.5 Å². The summed E-state index contributed by atoms with van der Waals surface area (Å²) in [5.41, 5.74) is 4.39. The highest BCUT2D eigenvalue weighted by molar-refractivity contribution is 8.00. The highest BCUT2D eigenvalue weighted by Crippen LogP contribution is 2.33. The van der Waals surface area contributed by atoms with Gasteiger partial charge >= 0.3 is 0 Å². The summed E-state index contributed by atoms with van der Waals surface area (Å²) in [5.74, 6) is -0.166. The summed E-state index contributed by atoms with van der Waals surface area (Å²) in [6, 6.07) is 27.0. The zero-order chi connectivity index (χ0) is 32.3. The van der Waals surface area contributed by atoms with Gasteiger partial charge in [-0.2, -0.15) is 0 Å². The predicted octanol–water partition coefficient (Wildman–Crippen LogP) is 7.24. The average molecular weight is 624 g/mol. The minimum atomic E-state index is -0.536. The molecule has 0 aromatic heterocycles. The molecule has 0 fully saturated rings. The Morgan fingerprint density at radius 3 is 2.29 bits per heavy atom. The Balaban J connectivity index is 1.56. The van der Waals surface area contributed by atoms with Gasteiger partial charge in [0.2, 0.25) is 5.91 Å². The predicted molar refractivity (Wildman–Crippen MR) is 181 cm³/mol. The molecule has 1 unspecified atom stereocenters. The Morgan fingerprint density at radius 2 is 1.58 bits per heavy atom. The number of rotatable bonds is 12. The van der Waals surface area contributed by atoms with E-state index in [1.165, 1.54) is 26.0 Å². The van der Waals surface area contributed by atoms with Crippen molar-refractivity contribution in [2.75, 3.05) is 24.9 Å². The normalized spacial score (nSPS) is 11.7. The molecule has 4 aromatic carbocycles. The number of carbonyl (C=O) groups excluding carboxylic acids is 3. The molecule has 4 aromatic rings. The number of aryl methyl sites for hydroxylation is 1. The van der Waals surface area contributed by atoms with Crippen molar-refractivity contribution in [3.05, 3.63) is 119 Å². The molecule has 0 saturated carbocycles. The van der Waals surface area contributed by atoms with Gasteiger partial charge in [0, 0.05) is 27.4 Å². The first-order valence-electron chi connectivity index (χ1n) is 14.5. The van der Waals surface area contributed by atoms with Gasteiger partial charge in [-0.15, -0.1) is 11.8 Å². The minimum Gasteiger partial charge on any atom is -0.493 e. The standard InChI is InChI=1S/C36H37N3O5S/c1-6-32(36(42)38-29-19-10-13-23(2)24(29)3)45-28-18-12-17-27(22-28)37-35(41)30(39-34(40)25-14-8-7-9-15-25)21-26-16-11-20-31(43-4)33(26)44-5/h7-22,32H,6H2,1-5H3,(H,37,41)(H,38,42)(H,39,40)/b30-21+. The van der Waals surface area contributed by atoms with Crippen molar-refractivity contribution < 1.29 is 23.9 Å². The summed E-state index contributed by atoms with van der Waals surface area (Å²) >= 11 is 1.42. The summed E-state index contributed by atoms with van der Waals surface area (Å²) in [6.45, 7) is 5.96. The van der Waals surface area contributed by atoms with Crippen molar-refractivity contribution in [3.63, 3.8) is 0 Å². The van der Waals surface area contributed by atoms with Gasteiger partial charge in [0.15, 0.2) is 11.5 Å². The molecule has 0 spiro atoms. The first-order chi connectivity index (χ1) is 21.7. The van der Waals surface area contributed by atoms with Crippen molar-refractivity contribution >= 4 is 46.9 Å². The van der Waals surface area contributed by atoms with Crippen LogP contribution in [0.1, 0.15) is 40.4 Å². The first-order valence-corrected chi connectivity index (χ1v) is 15.4. The number of hydrogen-bond donors (Lipinski definition) is 3. The second kappa shape index (κ2) is 15.6. The van der Waals surface area contributed by atoms with Crippen LogP contribution in [0.2, 0.25) is 0 Å². The van der Waals surface area contributed by atoms with Crippen LogP contribution in [0, 0.1) is 13.8 Å². The third kappa shape index (κ3) is 8.55. The van der Waals surface area contributed by atoms with Crippen LogP contribution >= 0.6 is 11.8 Å². The Hall–Kier alpha value is -5.02. The fraction of sp³-hybridized carbons (Fsp3) is 0.194. The smallest absolute Gasteiger partial charge is 0.272 e. The van der Waals surface area contributed by atoms with Gasteiger partial charge in [-0.25, -0.2) is 0 Å². The highest BCUT2D eigenvalue weighted by Gasteiger charge is 2.21. The molecule has 45 heavy (non-hydrogen) atoms. The number of para-hydroxylation sites is 1. The van der Waals surface area contributed by atoms with E-state index < -0.39 is 11.8 Å². The van der Waals surface area contributed by atoms with Crippen LogP contribution < -0.4 is 25.4 Å². The fourth-order valence-electron chi connectivity index (χ4n) is 4.56. The quantitative estimate of drug-likeness (QED) is 0.114. The van der Waals surface area contributed by atoms with Crippen molar-refractivity contribution in [2.24, 2.45) is 0 Å². The van der Waals surface area contributed by atoms with Gasteiger partial charge < -0.3 is 25.4 Å². The first kappa shape index (κ1) is 32.9. The summed E-state index contributed by atoms with van der Waals surface area (Å²) < 4.78 is 10.9. The Bertz CT molecular complexity index is 1700. The number of hydrogen-bond acceptors (Lipinski definition) is 6. The largest absolute Gasteiger partial charge is 0.493 e. The lowest BCUT2D eigenvalue weighted by Gasteiger charge is -2.17. The molecule has 0 aliphatic rings. The van der Waals surface area contributed by atoms with E-state index in [1.807, 2.05) is 57.2 Å². The van der Waals surface area contributed by atoms with E-state index in [4.69, 9.17) is 9.47 Å². The number of anilines is 2. The van der Waals surface area contributed by atoms with E-state index >= 15 is 0 Å². The molecule has 1 atom stereocenters. The van der Waals surface area contributed by atoms with Crippen LogP contribution in [0.3, 0.4) is 0 Å².